The van der Waals surface area contributed by atoms with Crippen molar-refractivity contribution in [2.75, 3.05) is 63.8 Å². The molecule has 1 aliphatic carbocycles. The van der Waals surface area contributed by atoms with E-state index in [-0.39, 0.29) is 35.3 Å². The van der Waals surface area contributed by atoms with Gasteiger partial charge in [0.2, 0.25) is 15.9 Å². The standard InChI is InChI=1S/C42H58ClN5O6S/c1-4-40(49)48-21-20-46-19-18-45(25-36(46)26-48)28-42(51)16-7-8-29(2)30(3)55(52,53)44-41(50)32-12-15-39-38(23-32)47(24-33-11-14-37(33)42)17-6-5-9-31-22-35(43)13-10-34(31)27-54-39/h4,10,12-13,15,22-23,29-30,33,36-37,51H,1,5-9,11,14,16-21,24-28H2,2-3H3,(H,44,50)/t29-,30+,33-,36-,37+,42-/m0/s1. The number of fused-ring (bicyclic) bond motifs is 4. The van der Waals surface area contributed by atoms with Crippen LogP contribution in [0, 0.1) is 17.8 Å². The zero-order chi connectivity index (χ0) is 38.9. The molecule has 0 spiro atoms. The zero-order valence-electron chi connectivity index (χ0n) is 32.4. The van der Waals surface area contributed by atoms with Crippen LogP contribution >= 0.6 is 11.6 Å². The van der Waals surface area contributed by atoms with Crippen molar-refractivity contribution in [2.45, 2.75) is 88.7 Å². The van der Waals surface area contributed by atoms with Crippen molar-refractivity contribution >= 4 is 39.1 Å². The number of hydrogen-bond donors (Lipinski definition) is 2. The molecule has 4 aliphatic heterocycles. The van der Waals surface area contributed by atoms with E-state index in [1.165, 1.54) is 6.08 Å². The summed E-state index contributed by atoms with van der Waals surface area (Å²) in [7, 11) is -3.98. The quantitative estimate of drug-likeness (QED) is 0.409. The fraction of sp³-hybridized carbons (Fsp3) is 0.619. The van der Waals surface area contributed by atoms with Crippen molar-refractivity contribution in [3.05, 3.63) is 70.8 Å². The summed E-state index contributed by atoms with van der Waals surface area (Å²) >= 11 is 6.40. The number of amides is 2. The van der Waals surface area contributed by atoms with Gasteiger partial charge in [0, 0.05) is 75.5 Å². The third-order valence-corrected chi connectivity index (χ3v) is 15.5. The highest BCUT2D eigenvalue weighted by Crippen LogP contribution is 2.47. The number of sulfonamides is 1. The molecule has 11 nitrogen and oxygen atoms in total. The summed E-state index contributed by atoms with van der Waals surface area (Å²) < 4.78 is 36.1. The Labute approximate surface area is 332 Å². The maximum atomic E-state index is 13.6. The largest absolute Gasteiger partial charge is 0.487 e. The number of carbonyl (C=O) groups excluding carboxylic acids is 2. The molecule has 2 amide bonds. The van der Waals surface area contributed by atoms with Crippen LogP contribution in [-0.2, 0) is 27.8 Å². The van der Waals surface area contributed by atoms with Gasteiger partial charge in [-0.2, -0.15) is 0 Å². The molecule has 2 bridgehead atoms. The van der Waals surface area contributed by atoms with E-state index in [9.17, 15) is 23.1 Å². The van der Waals surface area contributed by atoms with Crippen LogP contribution in [0.15, 0.2) is 49.1 Å². The molecule has 2 aromatic rings. The Kier molecular flexibility index (Phi) is 12.2. The first-order valence-corrected chi connectivity index (χ1v) is 22.2. The molecule has 55 heavy (non-hydrogen) atoms. The highest BCUT2D eigenvalue weighted by molar-refractivity contribution is 7.90. The molecule has 4 heterocycles. The fourth-order valence-electron chi connectivity index (χ4n) is 9.67. The third kappa shape index (κ3) is 8.88. The molecule has 2 N–H and O–H groups in total. The van der Waals surface area contributed by atoms with Crippen LogP contribution in [0.4, 0.5) is 5.69 Å². The minimum absolute atomic E-state index is 0.0330. The monoisotopic (exact) mass is 795 g/mol. The van der Waals surface area contributed by atoms with Gasteiger partial charge >= 0.3 is 0 Å². The smallest absolute Gasteiger partial charge is 0.264 e. The maximum absolute atomic E-state index is 13.6. The summed E-state index contributed by atoms with van der Waals surface area (Å²) in [5.74, 6) is 0.000423. The first-order chi connectivity index (χ1) is 26.3. The van der Waals surface area contributed by atoms with E-state index in [2.05, 4.69) is 26.0 Å². The van der Waals surface area contributed by atoms with Gasteiger partial charge in [-0.1, -0.05) is 37.6 Å². The lowest BCUT2D eigenvalue weighted by molar-refractivity contribution is -0.132. The Hall–Kier alpha value is -3.16. The molecule has 0 aromatic heterocycles. The predicted octanol–water partition coefficient (Wildman–Crippen LogP) is 5.10. The molecule has 2 aromatic carbocycles. The Morgan fingerprint density at radius 1 is 1.00 bits per heavy atom. The molecule has 3 fully saturated rings. The van der Waals surface area contributed by atoms with Gasteiger partial charge in [0.25, 0.3) is 5.91 Å². The number of anilines is 1. The van der Waals surface area contributed by atoms with Gasteiger partial charge in [0.1, 0.15) is 12.4 Å². The molecule has 2 saturated heterocycles. The van der Waals surface area contributed by atoms with Gasteiger partial charge in [-0.15, -0.1) is 0 Å². The third-order valence-electron chi connectivity index (χ3n) is 13.4. The minimum Gasteiger partial charge on any atom is -0.487 e. The maximum Gasteiger partial charge on any atom is 0.264 e. The molecule has 0 radical (unpaired) electrons. The number of aliphatic hydroxyl groups is 1. The molecule has 6 atom stereocenters. The van der Waals surface area contributed by atoms with Crippen molar-refractivity contribution in [3.8, 4) is 5.75 Å². The number of benzene rings is 2. The second kappa shape index (κ2) is 16.7. The zero-order valence-corrected chi connectivity index (χ0v) is 34.0. The number of nitrogens with zero attached hydrogens (tertiary/aromatic N) is 4. The number of hydrogen-bond acceptors (Lipinski definition) is 9. The Balaban J connectivity index is 1.20. The summed E-state index contributed by atoms with van der Waals surface area (Å²) in [6, 6.07) is 11.3. The van der Waals surface area contributed by atoms with E-state index in [1.54, 1.807) is 25.1 Å². The van der Waals surface area contributed by atoms with Crippen LogP contribution in [0.1, 0.15) is 80.3 Å². The van der Waals surface area contributed by atoms with E-state index in [4.69, 9.17) is 16.3 Å². The highest BCUT2D eigenvalue weighted by atomic mass is 35.5. The van der Waals surface area contributed by atoms with Crippen LogP contribution in [-0.4, -0.2) is 116 Å². The molecule has 5 aliphatic rings. The van der Waals surface area contributed by atoms with Crippen molar-refractivity contribution in [3.63, 3.8) is 0 Å². The second-order valence-corrected chi connectivity index (χ2v) is 19.3. The van der Waals surface area contributed by atoms with Gasteiger partial charge in [-0.05, 0) is 117 Å². The molecular formula is C42H58ClN5O6S. The van der Waals surface area contributed by atoms with Crippen LogP contribution < -0.4 is 14.4 Å². The number of piperazine rings is 2. The first kappa shape index (κ1) is 40.1. The average Bonchev–Trinajstić information content (AvgIpc) is 3.18. The van der Waals surface area contributed by atoms with Gasteiger partial charge in [0.15, 0.2) is 0 Å². The number of aryl methyl sites for hydroxylation is 1. The summed E-state index contributed by atoms with van der Waals surface area (Å²) in [6.07, 6.45) is 7.85. The average molecular weight is 796 g/mol. The summed E-state index contributed by atoms with van der Waals surface area (Å²) in [6.45, 7) is 14.3. The van der Waals surface area contributed by atoms with Crippen LogP contribution in [0.5, 0.6) is 5.75 Å². The van der Waals surface area contributed by atoms with Crippen LogP contribution in [0.3, 0.4) is 0 Å². The highest BCUT2D eigenvalue weighted by Gasteiger charge is 2.48. The Morgan fingerprint density at radius 2 is 1.82 bits per heavy atom. The molecular weight excluding hydrogens is 738 g/mol. The van der Waals surface area contributed by atoms with Crippen LogP contribution in [0.25, 0.3) is 0 Å². The minimum atomic E-state index is -3.98. The lowest BCUT2D eigenvalue weighted by Crippen LogP contribution is -2.65. The SMILES string of the molecule is C=CC(=O)N1CCN2CCN(C[C@@]3(O)CCC[C@H](C)[C@@H](C)S(=O)(=O)NC(=O)c4ccc5c(c4)N(CCCCc4cc(Cl)ccc4CO5)C[C@@H]4CC[C@H]43)C[C@H]2C1. The first-order valence-electron chi connectivity index (χ1n) is 20.3. The van der Waals surface area contributed by atoms with E-state index >= 15 is 0 Å². The van der Waals surface area contributed by atoms with Crippen molar-refractivity contribution < 1.29 is 27.9 Å². The molecule has 1 saturated carbocycles. The van der Waals surface area contributed by atoms with Gasteiger partial charge < -0.3 is 19.6 Å². The van der Waals surface area contributed by atoms with E-state index in [0.29, 0.717) is 62.8 Å². The number of halogens is 1. The lowest BCUT2D eigenvalue weighted by atomic mass is 9.62. The van der Waals surface area contributed by atoms with Crippen molar-refractivity contribution in [1.82, 2.24) is 19.4 Å². The number of β-amino-alcohol motifs (C(OH)–C–C–N with tert-alkyl or cyclic N) is 1. The molecule has 13 heteroatoms. The summed E-state index contributed by atoms with van der Waals surface area (Å²) in [5, 5.41) is 12.8. The Morgan fingerprint density at radius 3 is 2.60 bits per heavy atom. The number of rotatable bonds is 3. The van der Waals surface area contributed by atoms with Crippen LogP contribution in [0.2, 0.25) is 5.02 Å². The Bertz CT molecular complexity index is 1860. The van der Waals surface area contributed by atoms with E-state index in [1.807, 2.05) is 30.0 Å². The van der Waals surface area contributed by atoms with E-state index in [0.717, 1.165) is 81.6 Å². The predicted molar refractivity (Wildman–Crippen MR) is 216 cm³/mol. The second-order valence-electron chi connectivity index (χ2n) is 16.8. The number of carbonyl (C=O) groups is 2. The summed E-state index contributed by atoms with van der Waals surface area (Å²) in [5.41, 5.74) is 2.28. The number of ether oxygens (including phenoxy) is 1. The number of nitrogens with one attached hydrogen (secondary N) is 1. The molecule has 0 unspecified atom stereocenters. The fourth-order valence-corrected chi connectivity index (χ4v) is 11.2. The molecule has 300 valence electrons. The van der Waals surface area contributed by atoms with Crippen molar-refractivity contribution in [1.29, 1.82) is 0 Å². The van der Waals surface area contributed by atoms with Gasteiger partial charge in [0.05, 0.1) is 16.5 Å². The van der Waals surface area contributed by atoms with Gasteiger partial charge in [-0.3, -0.25) is 19.4 Å². The van der Waals surface area contributed by atoms with E-state index < -0.39 is 26.8 Å². The van der Waals surface area contributed by atoms with Crippen molar-refractivity contribution in [2.24, 2.45) is 17.8 Å². The lowest BCUT2D eigenvalue weighted by Gasteiger charge is -2.53. The normalized spacial score (nSPS) is 30.9. The molecule has 7 rings (SSSR count). The topological polar surface area (TPSA) is 123 Å². The summed E-state index contributed by atoms with van der Waals surface area (Å²) in [4.78, 5) is 35.2. The van der Waals surface area contributed by atoms with Gasteiger partial charge in [-0.25, -0.2) is 13.1 Å².